The summed E-state index contributed by atoms with van der Waals surface area (Å²) in [5, 5.41) is -5.43. The van der Waals surface area contributed by atoms with Crippen molar-refractivity contribution in [3.8, 4) is 11.1 Å². The van der Waals surface area contributed by atoms with E-state index in [1.807, 2.05) is 0 Å². The molecule has 0 aliphatic heterocycles. The van der Waals surface area contributed by atoms with Gasteiger partial charge in [-0.05, 0) is 23.3 Å². The second kappa shape index (κ2) is 6.31. The summed E-state index contributed by atoms with van der Waals surface area (Å²) in [6, 6.07) is 13.4. The van der Waals surface area contributed by atoms with Crippen LogP contribution in [0.4, 0.5) is 22.0 Å². The van der Waals surface area contributed by atoms with Gasteiger partial charge >= 0.3 is 21.5 Å². The minimum absolute atomic E-state index is 0.0964. The highest BCUT2D eigenvalue weighted by molar-refractivity contribution is 7.86. The molecule has 144 valence electrons. The Morgan fingerprint density at radius 2 is 1.56 bits per heavy atom. The Kier molecular flexibility index (Phi) is 4.51. The summed E-state index contributed by atoms with van der Waals surface area (Å²) in [5.41, 5.74) is 0.881. The molecule has 4 nitrogen and oxygen atoms in total. The van der Waals surface area contributed by atoms with E-state index < -0.39 is 33.2 Å². The van der Waals surface area contributed by atoms with Crippen LogP contribution in [-0.2, 0) is 10.1 Å². The van der Waals surface area contributed by atoms with Crippen LogP contribution in [0.5, 0.6) is 0 Å². The SMILES string of the molecule is O=S(=O)(O)C(F)(F)C(c1cc2c(-c3ccccc3)cccc2o1)C(F)(F)F. The molecule has 1 N–H and O–H groups in total. The zero-order valence-electron chi connectivity index (χ0n) is 13.2. The average molecular weight is 406 g/mol. The number of furan rings is 1. The third-order valence-corrected chi connectivity index (χ3v) is 4.88. The van der Waals surface area contributed by atoms with Gasteiger partial charge in [-0.15, -0.1) is 0 Å². The Morgan fingerprint density at radius 1 is 0.926 bits per heavy atom. The van der Waals surface area contributed by atoms with Crippen LogP contribution in [0.2, 0.25) is 0 Å². The fourth-order valence-corrected chi connectivity index (χ4v) is 3.31. The lowest BCUT2D eigenvalue weighted by Gasteiger charge is -2.24. The molecule has 0 spiro atoms. The van der Waals surface area contributed by atoms with Gasteiger partial charge in [-0.1, -0.05) is 42.5 Å². The molecule has 0 aliphatic rings. The van der Waals surface area contributed by atoms with E-state index in [0.717, 1.165) is 6.07 Å². The minimum atomic E-state index is -6.35. The molecule has 0 bridgehead atoms. The molecular formula is C17H11F5O4S. The molecule has 0 fully saturated rings. The van der Waals surface area contributed by atoms with E-state index in [4.69, 9.17) is 8.97 Å². The van der Waals surface area contributed by atoms with Crippen LogP contribution < -0.4 is 0 Å². The van der Waals surface area contributed by atoms with Crippen molar-refractivity contribution in [2.75, 3.05) is 0 Å². The maximum absolute atomic E-state index is 13.9. The van der Waals surface area contributed by atoms with E-state index in [2.05, 4.69) is 0 Å². The first-order valence-corrected chi connectivity index (χ1v) is 8.86. The number of hydrogen-bond donors (Lipinski definition) is 1. The first-order chi connectivity index (χ1) is 12.4. The fraction of sp³-hybridized carbons (Fsp3) is 0.176. The van der Waals surface area contributed by atoms with Crippen molar-refractivity contribution in [3.05, 3.63) is 60.4 Å². The number of fused-ring (bicyclic) bond motifs is 1. The summed E-state index contributed by atoms with van der Waals surface area (Å²) in [4.78, 5) is 0. The van der Waals surface area contributed by atoms with Gasteiger partial charge < -0.3 is 4.42 Å². The third kappa shape index (κ3) is 3.42. The first kappa shape index (κ1) is 19.3. The van der Waals surface area contributed by atoms with Gasteiger partial charge in [-0.25, -0.2) is 0 Å². The average Bonchev–Trinajstić information content (AvgIpc) is 2.95. The molecule has 1 heterocycles. The van der Waals surface area contributed by atoms with Crippen molar-refractivity contribution in [1.82, 2.24) is 0 Å². The third-order valence-electron chi connectivity index (χ3n) is 3.96. The van der Waals surface area contributed by atoms with E-state index in [1.165, 1.54) is 12.1 Å². The summed E-state index contributed by atoms with van der Waals surface area (Å²) < 4.78 is 103. The minimum Gasteiger partial charge on any atom is -0.460 e. The number of alkyl halides is 5. The van der Waals surface area contributed by atoms with Crippen LogP contribution in [-0.4, -0.2) is 24.4 Å². The molecule has 1 unspecified atom stereocenters. The van der Waals surface area contributed by atoms with Gasteiger partial charge in [-0.3, -0.25) is 4.55 Å². The second-order valence-electron chi connectivity index (χ2n) is 5.74. The Morgan fingerprint density at radius 3 is 2.11 bits per heavy atom. The van der Waals surface area contributed by atoms with E-state index in [0.29, 0.717) is 11.1 Å². The van der Waals surface area contributed by atoms with Gasteiger partial charge in [0.2, 0.25) is 0 Å². The van der Waals surface area contributed by atoms with Crippen molar-refractivity contribution in [2.24, 2.45) is 0 Å². The Labute approximate surface area is 150 Å². The zero-order valence-corrected chi connectivity index (χ0v) is 14.1. The van der Waals surface area contributed by atoms with Crippen LogP contribution in [0.25, 0.3) is 22.1 Å². The maximum atomic E-state index is 13.9. The first-order valence-electron chi connectivity index (χ1n) is 7.42. The summed E-state index contributed by atoms with van der Waals surface area (Å²) in [6.07, 6.45) is -5.69. The maximum Gasteiger partial charge on any atom is 0.405 e. The van der Waals surface area contributed by atoms with Crippen molar-refractivity contribution >= 4 is 21.1 Å². The molecule has 1 aromatic heterocycles. The van der Waals surface area contributed by atoms with E-state index in [1.54, 1.807) is 36.4 Å². The van der Waals surface area contributed by atoms with Gasteiger partial charge in [-0.2, -0.15) is 30.4 Å². The smallest absolute Gasteiger partial charge is 0.405 e. The predicted octanol–water partition coefficient (Wildman–Crippen LogP) is 5.23. The van der Waals surface area contributed by atoms with Crippen LogP contribution in [0.15, 0.2) is 59.0 Å². The van der Waals surface area contributed by atoms with Crippen LogP contribution in [0.3, 0.4) is 0 Å². The molecule has 3 rings (SSSR count). The molecule has 0 amide bonds. The zero-order chi connectivity index (χ0) is 20.0. The van der Waals surface area contributed by atoms with E-state index in [9.17, 15) is 30.4 Å². The number of benzene rings is 2. The van der Waals surface area contributed by atoms with E-state index >= 15 is 0 Å². The highest BCUT2D eigenvalue weighted by Crippen LogP contribution is 2.49. The second-order valence-corrected chi connectivity index (χ2v) is 7.24. The summed E-state index contributed by atoms with van der Waals surface area (Å²) in [7, 11) is -6.35. The van der Waals surface area contributed by atoms with Crippen molar-refractivity contribution in [2.45, 2.75) is 17.3 Å². The topological polar surface area (TPSA) is 67.5 Å². The van der Waals surface area contributed by atoms with Crippen LogP contribution in [0.1, 0.15) is 11.7 Å². The molecule has 10 heteroatoms. The van der Waals surface area contributed by atoms with Crippen LogP contribution in [0, 0.1) is 0 Å². The molecule has 3 aromatic rings. The Balaban J connectivity index is 2.24. The number of rotatable bonds is 4. The molecule has 0 saturated heterocycles. The highest BCUT2D eigenvalue weighted by atomic mass is 32.2. The fourth-order valence-electron chi connectivity index (χ4n) is 2.76. The lowest BCUT2D eigenvalue weighted by Crippen LogP contribution is -2.42. The summed E-state index contributed by atoms with van der Waals surface area (Å²) in [5.74, 6) is -5.18. The van der Waals surface area contributed by atoms with Gasteiger partial charge in [0.15, 0.2) is 5.92 Å². The quantitative estimate of drug-likeness (QED) is 0.476. The van der Waals surface area contributed by atoms with Crippen molar-refractivity contribution in [1.29, 1.82) is 0 Å². The van der Waals surface area contributed by atoms with Crippen molar-refractivity contribution < 1.29 is 39.3 Å². The molecule has 0 radical (unpaired) electrons. The van der Waals surface area contributed by atoms with Crippen molar-refractivity contribution in [3.63, 3.8) is 0 Å². The van der Waals surface area contributed by atoms with Gasteiger partial charge in [0, 0.05) is 5.39 Å². The van der Waals surface area contributed by atoms with Gasteiger partial charge in [0.25, 0.3) is 0 Å². The monoisotopic (exact) mass is 406 g/mol. The summed E-state index contributed by atoms with van der Waals surface area (Å²) >= 11 is 0. The molecule has 1 atom stereocenters. The molecule has 0 aliphatic carbocycles. The molecular weight excluding hydrogens is 395 g/mol. The largest absolute Gasteiger partial charge is 0.460 e. The lowest BCUT2D eigenvalue weighted by atomic mass is 10.0. The number of hydrogen-bond acceptors (Lipinski definition) is 3. The molecule has 2 aromatic carbocycles. The van der Waals surface area contributed by atoms with Gasteiger partial charge in [0.05, 0.1) is 0 Å². The normalized spacial score (nSPS) is 14.4. The highest BCUT2D eigenvalue weighted by Gasteiger charge is 2.65. The van der Waals surface area contributed by atoms with E-state index in [-0.39, 0.29) is 11.0 Å². The standard InChI is InChI=1S/C17H11F5O4S/c18-16(19,20)15(17(21,22)27(23,24)25)14-9-12-11(7-4-8-13(12)26-14)10-5-2-1-3-6-10/h1-9,15H,(H,23,24,25). The number of halogens is 5. The predicted molar refractivity (Wildman–Crippen MR) is 86.9 cm³/mol. The molecule has 0 saturated carbocycles. The van der Waals surface area contributed by atoms with Crippen LogP contribution >= 0.6 is 0 Å². The Hall–Kier alpha value is -2.46. The Bertz CT molecular complexity index is 1070. The lowest BCUT2D eigenvalue weighted by molar-refractivity contribution is -0.192. The molecule has 27 heavy (non-hydrogen) atoms. The summed E-state index contributed by atoms with van der Waals surface area (Å²) in [6.45, 7) is 0. The van der Waals surface area contributed by atoms with Gasteiger partial charge in [0.1, 0.15) is 11.3 Å².